The van der Waals surface area contributed by atoms with E-state index in [1.165, 1.54) is 12.4 Å². The van der Waals surface area contributed by atoms with Crippen molar-refractivity contribution in [2.75, 3.05) is 0 Å². The molecule has 1 rings (SSSR count). The number of hydrogen-bond acceptors (Lipinski definition) is 1. The van der Waals surface area contributed by atoms with Gasteiger partial charge in [0.2, 0.25) is 0 Å². The van der Waals surface area contributed by atoms with E-state index in [1.807, 2.05) is 0 Å². The average Bonchev–Trinajstić information content (AvgIpc) is 2.49. The molecule has 9 heavy (non-hydrogen) atoms. The Morgan fingerprint density at radius 1 is 2.11 bits per heavy atom. The number of rotatable bonds is 2. The van der Waals surface area contributed by atoms with Gasteiger partial charge in [-0.3, -0.25) is 4.68 Å². The van der Waals surface area contributed by atoms with Crippen LogP contribution in [0.1, 0.15) is 19.3 Å². The van der Waals surface area contributed by atoms with Crippen molar-refractivity contribution < 1.29 is 6.85 Å². The van der Waals surface area contributed by atoms with Crippen LogP contribution < -0.4 is 0 Å². The summed E-state index contributed by atoms with van der Waals surface area (Å²) in [5.74, 6) is 0.178. The minimum Gasteiger partial charge on any atom is -0.273 e. The predicted octanol–water partition coefficient (Wildman–Crippen LogP) is 1.64. The maximum Gasteiger partial charge on any atom is 0.0533 e. The lowest BCUT2D eigenvalue weighted by Crippen LogP contribution is -1.91. The summed E-state index contributed by atoms with van der Waals surface area (Å²) in [4.78, 5) is 0. The summed E-state index contributed by atoms with van der Waals surface area (Å²) in [5.41, 5.74) is 0.583. The van der Waals surface area contributed by atoms with Crippen LogP contribution in [0.25, 0.3) is 0 Å². The molecule has 0 aromatic carbocycles. The molecule has 0 fully saturated rings. The first-order valence-corrected chi connectivity index (χ1v) is 2.92. The van der Waals surface area contributed by atoms with Crippen LogP contribution in [0, 0.1) is 0 Å². The summed E-state index contributed by atoms with van der Waals surface area (Å²) in [6.45, 7) is -5.25. The third-order valence-electron chi connectivity index (χ3n) is 0.905. The Morgan fingerprint density at radius 3 is 3.56 bits per heavy atom. The third kappa shape index (κ3) is 1.45. The standard InChI is InChI=1S/C6H9ClN2/c1-2-9-5-6(3-7)4-8-9/h4-5H,2-3H2,1H3/i1D3,2D2. The SMILES string of the molecule is [2H]C([2H])([2H])C([2H])([2H])n1cc(CCl)cn1. The monoisotopic (exact) mass is 149 g/mol. The lowest BCUT2D eigenvalue weighted by molar-refractivity contribution is 0.659. The van der Waals surface area contributed by atoms with E-state index < -0.39 is 13.3 Å². The van der Waals surface area contributed by atoms with Crippen molar-refractivity contribution in [3.05, 3.63) is 18.0 Å². The molecule has 0 spiro atoms. The van der Waals surface area contributed by atoms with Gasteiger partial charge in [0, 0.05) is 22.4 Å². The van der Waals surface area contributed by atoms with Gasteiger partial charge < -0.3 is 0 Å². The average molecular weight is 150 g/mol. The fraction of sp³-hybridized carbons (Fsp3) is 0.500. The molecule has 1 aromatic rings. The Balaban J connectivity index is 3.04. The molecule has 0 N–H and O–H groups in total. The first-order chi connectivity index (χ1) is 6.29. The summed E-state index contributed by atoms with van der Waals surface area (Å²) in [6.07, 6.45) is 2.63. The Labute approximate surface area is 66.5 Å². The predicted molar refractivity (Wildman–Crippen MR) is 37.5 cm³/mol. The number of halogens is 1. The summed E-state index contributed by atoms with van der Waals surface area (Å²) >= 11 is 5.49. The molecule has 0 unspecified atom stereocenters. The van der Waals surface area contributed by atoms with Crippen LogP contribution in [0.3, 0.4) is 0 Å². The molecule has 1 heterocycles. The van der Waals surface area contributed by atoms with Gasteiger partial charge in [-0.15, -0.1) is 11.6 Å². The first kappa shape index (κ1) is 2.62. The highest BCUT2D eigenvalue weighted by molar-refractivity contribution is 6.17. The number of alkyl halides is 1. The van der Waals surface area contributed by atoms with Crippen molar-refractivity contribution in [3.63, 3.8) is 0 Å². The molecule has 0 bridgehead atoms. The Hall–Kier alpha value is -0.500. The highest BCUT2D eigenvalue weighted by atomic mass is 35.5. The molecule has 0 saturated carbocycles. The molecular formula is C6H9ClN2. The second-order valence-electron chi connectivity index (χ2n) is 1.54. The Bertz CT molecular complexity index is 318. The van der Waals surface area contributed by atoms with Gasteiger partial charge in [0.1, 0.15) is 0 Å². The number of aromatic nitrogens is 2. The van der Waals surface area contributed by atoms with Crippen LogP contribution in [0.2, 0.25) is 0 Å². The molecule has 0 aliphatic carbocycles. The maximum atomic E-state index is 7.37. The van der Waals surface area contributed by atoms with E-state index in [0.29, 0.717) is 5.56 Å². The summed E-state index contributed by atoms with van der Waals surface area (Å²) in [7, 11) is 0. The van der Waals surface area contributed by atoms with Gasteiger partial charge in [-0.25, -0.2) is 0 Å². The fourth-order valence-corrected chi connectivity index (χ4v) is 0.628. The van der Waals surface area contributed by atoms with Crippen molar-refractivity contribution in [3.8, 4) is 0 Å². The van der Waals surface area contributed by atoms with E-state index in [1.54, 1.807) is 0 Å². The molecule has 0 saturated heterocycles. The lowest BCUT2D eigenvalue weighted by atomic mass is 10.4. The Kier molecular flexibility index (Phi) is 0.838. The van der Waals surface area contributed by atoms with Crippen molar-refractivity contribution in [2.24, 2.45) is 0 Å². The summed E-state index contributed by atoms with van der Waals surface area (Å²) < 4.78 is 36.5. The number of nitrogens with zero attached hydrogens (tertiary/aromatic N) is 2. The van der Waals surface area contributed by atoms with Gasteiger partial charge in [-0.1, -0.05) is 0 Å². The van der Waals surface area contributed by atoms with E-state index in [0.717, 1.165) is 4.68 Å². The molecular weight excluding hydrogens is 136 g/mol. The number of hydrogen-bond donors (Lipinski definition) is 0. The third-order valence-corrected chi connectivity index (χ3v) is 1.21. The summed E-state index contributed by atoms with van der Waals surface area (Å²) in [6, 6.07) is 0. The molecule has 0 atom stereocenters. The van der Waals surface area contributed by atoms with Crippen molar-refractivity contribution >= 4 is 11.6 Å². The molecule has 2 nitrogen and oxygen atoms in total. The highest BCUT2D eigenvalue weighted by Crippen LogP contribution is 2.00. The van der Waals surface area contributed by atoms with Crippen LogP contribution in [0.4, 0.5) is 0 Å². The lowest BCUT2D eigenvalue weighted by Gasteiger charge is -1.89. The highest BCUT2D eigenvalue weighted by Gasteiger charge is 1.92. The van der Waals surface area contributed by atoms with Gasteiger partial charge in [0.05, 0.1) is 14.8 Å². The topological polar surface area (TPSA) is 17.8 Å². The molecule has 0 aliphatic heterocycles. The van der Waals surface area contributed by atoms with E-state index >= 15 is 0 Å². The second kappa shape index (κ2) is 2.87. The van der Waals surface area contributed by atoms with Gasteiger partial charge in [0.25, 0.3) is 0 Å². The largest absolute Gasteiger partial charge is 0.273 e. The van der Waals surface area contributed by atoms with Crippen LogP contribution in [0.15, 0.2) is 12.4 Å². The van der Waals surface area contributed by atoms with Gasteiger partial charge in [-0.05, 0) is 6.85 Å². The van der Waals surface area contributed by atoms with Crippen molar-refractivity contribution in [1.29, 1.82) is 0 Å². The minimum atomic E-state index is -2.75. The van der Waals surface area contributed by atoms with Crippen molar-refractivity contribution in [2.45, 2.75) is 19.2 Å². The Morgan fingerprint density at radius 2 is 3.00 bits per heavy atom. The first-order valence-electron chi connectivity index (χ1n) is 4.89. The quantitative estimate of drug-likeness (QED) is 0.585. The molecule has 3 heteroatoms. The van der Waals surface area contributed by atoms with Crippen LogP contribution in [0.5, 0.6) is 0 Å². The normalized spacial score (nSPS) is 21.2. The molecule has 1 aromatic heterocycles. The van der Waals surface area contributed by atoms with E-state index in [9.17, 15) is 0 Å². The van der Waals surface area contributed by atoms with Crippen LogP contribution >= 0.6 is 11.6 Å². The second-order valence-corrected chi connectivity index (χ2v) is 1.81. The van der Waals surface area contributed by atoms with E-state index in [-0.39, 0.29) is 5.88 Å². The zero-order valence-electron chi connectivity index (χ0n) is 9.63. The van der Waals surface area contributed by atoms with Gasteiger partial charge in [0.15, 0.2) is 0 Å². The minimum absolute atomic E-state index is 0.178. The number of aryl methyl sites for hydroxylation is 1. The van der Waals surface area contributed by atoms with Crippen LogP contribution in [-0.4, -0.2) is 9.78 Å². The van der Waals surface area contributed by atoms with Gasteiger partial charge in [-0.2, -0.15) is 5.10 Å². The zero-order valence-corrected chi connectivity index (χ0v) is 5.39. The molecule has 0 aliphatic rings. The van der Waals surface area contributed by atoms with E-state index in [4.69, 9.17) is 18.5 Å². The van der Waals surface area contributed by atoms with Crippen molar-refractivity contribution in [1.82, 2.24) is 9.78 Å². The van der Waals surface area contributed by atoms with E-state index in [2.05, 4.69) is 5.10 Å². The smallest absolute Gasteiger partial charge is 0.0533 e. The zero-order chi connectivity index (χ0) is 11.0. The van der Waals surface area contributed by atoms with Crippen LogP contribution in [-0.2, 0) is 12.4 Å². The maximum absolute atomic E-state index is 7.37. The fourth-order valence-electron chi connectivity index (χ4n) is 0.490. The summed E-state index contributed by atoms with van der Waals surface area (Å²) in [5, 5.41) is 3.62. The molecule has 0 amide bonds. The molecule has 0 radical (unpaired) electrons. The molecule has 50 valence electrons. The van der Waals surface area contributed by atoms with Gasteiger partial charge >= 0.3 is 0 Å².